The summed E-state index contributed by atoms with van der Waals surface area (Å²) in [4.78, 5) is 51.9. The van der Waals surface area contributed by atoms with Crippen LogP contribution < -0.4 is 15.4 Å². The average Bonchev–Trinajstić information content (AvgIpc) is 3.47. The molecule has 2 aliphatic rings. The van der Waals surface area contributed by atoms with Gasteiger partial charge in [0, 0.05) is 17.5 Å². The Morgan fingerprint density at radius 2 is 1.97 bits per heavy atom. The molecular weight excluding hydrogens is 442 g/mol. The van der Waals surface area contributed by atoms with Crippen molar-refractivity contribution >= 4 is 34.8 Å². The van der Waals surface area contributed by atoms with Crippen LogP contribution in [-0.4, -0.2) is 49.0 Å². The van der Waals surface area contributed by atoms with Gasteiger partial charge in [0.05, 0.1) is 25.8 Å². The summed E-state index contributed by atoms with van der Waals surface area (Å²) < 4.78 is 16.2. The molecule has 1 atom stereocenters. The van der Waals surface area contributed by atoms with Crippen molar-refractivity contribution in [3.63, 3.8) is 0 Å². The lowest BCUT2D eigenvalue weighted by atomic mass is 9.95. The Kier molecular flexibility index (Phi) is 5.00. The molecule has 1 fully saturated rings. The number of carbonyl (C=O) groups excluding carboxylic acids is 4. The van der Waals surface area contributed by atoms with Gasteiger partial charge in [0.25, 0.3) is 11.8 Å². The van der Waals surface area contributed by atoms with Gasteiger partial charge in [-0.25, -0.2) is 9.59 Å². The van der Waals surface area contributed by atoms with Gasteiger partial charge in [-0.3, -0.25) is 14.9 Å². The number of hydrogen-bond acceptors (Lipinski definition) is 7. The largest absolute Gasteiger partial charge is 0.497 e. The highest BCUT2D eigenvalue weighted by Crippen LogP contribution is 2.35. The summed E-state index contributed by atoms with van der Waals surface area (Å²) in [6.07, 6.45) is 0. The van der Waals surface area contributed by atoms with Crippen molar-refractivity contribution in [2.24, 2.45) is 0 Å². The van der Waals surface area contributed by atoms with E-state index in [0.717, 1.165) is 5.56 Å². The first-order chi connectivity index (χ1) is 16.3. The van der Waals surface area contributed by atoms with Gasteiger partial charge in [0.15, 0.2) is 5.54 Å². The highest BCUT2D eigenvalue weighted by atomic mass is 16.5. The highest BCUT2D eigenvalue weighted by molar-refractivity contribution is 6.08. The summed E-state index contributed by atoms with van der Waals surface area (Å²) in [7, 11) is 1.52. The number of furan rings is 1. The van der Waals surface area contributed by atoms with Crippen molar-refractivity contribution in [1.82, 2.24) is 15.5 Å². The molecule has 3 aromatic rings. The molecule has 1 aromatic heterocycles. The van der Waals surface area contributed by atoms with Crippen LogP contribution in [0.5, 0.6) is 5.75 Å². The Bertz CT molecular complexity index is 1360. The van der Waals surface area contributed by atoms with Crippen LogP contribution in [0.4, 0.5) is 4.79 Å². The molecule has 2 aliphatic heterocycles. The molecule has 2 N–H and O–H groups in total. The Morgan fingerprint density at radius 1 is 1.15 bits per heavy atom. The van der Waals surface area contributed by atoms with Crippen molar-refractivity contribution in [1.29, 1.82) is 0 Å². The maximum Gasteiger partial charge on any atom is 0.338 e. The van der Waals surface area contributed by atoms with Gasteiger partial charge in [-0.05, 0) is 42.8 Å². The third-order valence-corrected chi connectivity index (χ3v) is 6.02. The molecule has 0 bridgehead atoms. The second kappa shape index (κ2) is 7.91. The molecule has 5 rings (SSSR count). The lowest BCUT2D eigenvalue weighted by Crippen LogP contribution is -2.52. The van der Waals surface area contributed by atoms with Gasteiger partial charge in [0.2, 0.25) is 0 Å². The number of fused-ring (bicyclic) bond motifs is 2. The molecule has 0 saturated carbocycles. The monoisotopic (exact) mass is 463 g/mol. The van der Waals surface area contributed by atoms with Gasteiger partial charge in [-0.1, -0.05) is 12.1 Å². The number of ether oxygens (including phenoxy) is 2. The molecule has 174 valence electrons. The van der Waals surface area contributed by atoms with Crippen LogP contribution in [0.25, 0.3) is 11.0 Å². The zero-order valence-corrected chi connectivity index (χ0v) is 18.5. The van der Waals surface area contributed by atoms with E-state index in [1.807, 2.05) is 0 Å². The van der Waals surface area contributed by atoms with Crippen LogP contribution in [0.15, 0.2) is 46.9 Å². The van der Waals surface area contributed by atoms with E-state index in [-0.39, 0.29) is 31.4 Å². The zero-order chi connectivity index (χ0) is 24.0. The van der Waals surface area contributed by atoms with Crippen LogP contribution in [0.1, 0.15) is 39.0 Å². The number of amides is 4. The molecule has 34 heavy (non-hydrogen) atoms. The summed E-state index contributed by atoms with van der Waals surface area (Å²) in [5, 5.41) is 5.51. The fraction of sp³-hybridized carbons (Fsp3) is 0.250. The Labute approximate surface area is 193 Å². The first kappa shape index (κ1) is 21.5. The van der Waals surface area contributed by atoms with Crippen molar-refractivity contribution in [2.75, 3.05) is 20.3 Å². The highest BCUT2D eigenvalue weighted by Gasteiger charge is 2.53. The number of urea groups is 1. The maximum absolute atomic E-state index is 13.1. The molecule has 0 unspecified atom stereocenters. The van der Waals surface area contributed by atoms with Crippen LogP contribution in [0.2, 0.25) is 0 Å². The Hall–Kier alpha value is -4.34. The number of methoxy groups -OCH3 is 1. The standard InChI is InChI=1S/C24H21N3O7/c1-3-33-21(29)14-5-4-13-9-19(34-18(13)8-14)24(22(30)25-23(31)26-24)12-27-11-15-6-7-16(32-2)10-17(15)20(27)28/h4-10H,3,11-12H2,1-2H3,(H2,25,26,30,31)/t24-/m0/s1. The van der Waals surface area contributed by atoms with Gasteiger partial charge in [-0.15, -0.1) is 0 Å². The normalized spacial score (nSPS) is 19.2. The summed E-state index contributed by atoms with van der Waals surface area (Å²) in [5.74, 6) is -0.732. The second-order valence-corrected chi connectivity index (χ2v) is 8.08. The predicted octanol–water partition coefficient (Wildman–Crippen LogP) is 2.31. The molecule has 3 heterocycles. The second-order valence-electron chi connectivity index (χ2n) is 8.08. The third-order valence-electron chi connectivity index (χ3n) is 6.02. The van der Waals surface area contributed by atoms with Gasteiger partial charge in [-0.2, -0.15) is 0 Å². The minimum atomic E-state index is -1.64. The predicted molar refractivity (Wildman–Crippen MR) is 118 cm³/mol. The number of esters is 1. The minimum Gasteiger partial charge on any atom is -0.497 e. The first-order valence-electron chi connectivity index (χ1n) is 10.7. The molecule has 0 aliphatic carbocycles. The van der Waals surface area contributed by atoms with Crippen LogP contribution >= 0.6 is 0 Å². The van der Waals surface area contributed by atoms with E-state index in [0.29, 0.717) is 27.8 Å². The first-order valence-corrected chi connectivity index (χ1v) is 10.7. The molecule has 10 heteroatoms. The Balaban J connectivity index is 1.52. The summed E-state index contributed by atoms with van der Waals surface area (Å²) >= 11 is 0. The fourth-order valence-corrected chi connectivity index (χ4v) is 4.32. The van der Waals surface area contributed by atoms with E-state index >= 15 is 0 Å². The molecule has 1 saturated heterocycles. The number of nitrogens with zero attached hydrogens (tertiary/aromatic N) is 1. The van der Waals surface area contributed by atoms with Gasteiger partial charge in [0.1, 0.15) is 17.1 Å². The van der Waals surface area contributed by atoms with E-state index in [1.165, 1.54) is 18.1 Å². The van der Waals surface area contributed by atoms with Crippen molar-refractivity contribution in [3.05, 3.63) is 64.9 Å². The number of carbonyl (C=O) groups is 4. The molecule has 0 spiro atoms. The molecular formula is C24H21N3O7. The van der Waals surface area contributed by atoms with Crippen molar-refractivity contribution < 1.29 is 33.1 Å². The zero-order valence-electron chi connectivity index (χ0n) is 18.5. The quantitative estimate of drug-likeness (QED) is 0.424. The number of nitrogens with one attached hydrogen (secondary N) is 2. The van der Waals surface area contributed by atoms with E-state index in [9.17, 15) is 19.2 Å². The van der Waals surface area contributed by atoms with E-state index in [2.05, 4.69) is 10.6 Å². The fourth-order valence-electron chi connectivity index (χ4n) is 4.32. The number of benzene rings is 2. The summed E-state index contributed by atoms with van der Waals surface area (Å²) in [6.45, 7) is 2.05. The number of rotatable bonds is 6. The summed E-state index contributed by atoms with van der Waals surface area (Å²) in [5.41, 5.74) is 0.261. The molecule has 0 radical (unpaired) electrons. The van der Waals surface area contributed by atoms with E-state index < -0.39 is 23.4 Å². The Morgan fingerprint density at radius 3 is 2.68 bits per heavy atom. The lowest BCUT2D eigenvalue weighted by molar-refractivity contribution is -0.125. The maximum atomic E-state index is 13.1. The van der Waals surface area contributed by atoms with E-state index in [4.69, 9.17) is 13.9 Å². The topological polar surface area (TPSA) is 127 Å². The summed E-state index contributed by atoms with van der Waals surface area (Å²) in [6, 6.07) is 10.9. The SMILES string of the molecule is CCOC(=O)c1ccc2cc([C@]3(CN4Cc5ccc(OC)cc5C4=O)NC(=O)NC3=O)oc2c1. The van der Waals surface area contributed by atoms with Gasteiger partial charge >= 0.3 is 12.0 Å². The van der Waals surface area contributed by atoms with Crippen molar-refractivity contribution in [3.8, 4) is 5.75 Å². The molecule has 4 amide bonds. The smallest absolute Gasteiger partial charge is 0.338 e. The van der Waals surface area contributed by atoms with Crippen LogP contribution in [0.3, 0.4) is 0 Å². The van der Waals surface area contributed by atoms with Gasteiger partial charge < -0.3 is 24.1 Å². The molecule has 10 nitrogen and oxygen atoms in total. The lowest BCUT2D eigenvalue weighted by Gasteiger charge is -2.29. The van der Waals surface area contributed by atoms with Crippen molar-refractivity contribution in [2.45, 2.75) is 19.0 Å². The van der Waals surface area contributed by atoms with Crippen LogP contribution in [-0.2, 0) is 21.6 Å². The number of imide groups is 1. The third kappa shape index (κ3) is 3.35. The minimum absolute atomic E-state index is 0.146. The van der Waals surface area contributed by atoms with Crippen LogP contribution in [0, 0.1) is 0 Å². The molecule has 2 aromatic carbocycles. The average molecular weight is 463 g/mol. The number of hydrogen-bond donors (Lipinski definition) is 2. The van der Waals surface area contributed by atoms with E-state index in [1.54, 1.807) is 43.3 Å².